The summed E-state index contributed by atoms with van der Waals surface area (Å²) in [7, 11) is 0. The van der Waals surface area contributed by atoms with Crippen LogP contribution >= 0.6 is 11.3 Å². The fourth-order valence-corrected chi connectivity index (χ4v) is 12.7. The molecule has 0 saturated heterocycles. The zero-order chi connectivity index (χ0) is 44.4. The largest absolute Gasteiger partial charge is 0.310 e. The summed E-state index contributed by atoms with van der Waals surface area (Å²) < 4.78 is 7.54. The maximum absolute atomic E-state index is 2.49. The Morgan fingerprint density at radius 3 is 1.72 bits per heavy atom. The lowest BCUT2D eigenvalue weighted by atomic mass is 9.81. The summed E-state index contributed by atoms with van der Waals surface area (Å²) in [5.41, 5.74) is 18.1. The number of thiophene rings is 1. The summed E-state index contributed by atoms with van der Waals surface area (Å²) in [4.78, 5) is 2.47. The predicted octanol–water partition coefficient (Wildman–Crippen LogP) is 17.7. The number of benzene rings is 10. The summed E-state index contributed by atoms with van der Waals surface area (Å²) in [6.07, 6.45) is 0. The summed E-state index contributed by atoms with van der Waals surface area (Å²) in [6, 6.07) is 83.0. The molecule has 4 heteroatoms. The van der Waals surface area contributed by atoms with E-state index in [9.17, 15) is 0 Å². The topological polar surface area (TPSA) is 13.1 Å². The molecule has 0 N–H and O–H groups in total. The number of hydrogen-bond donors (Lipinski definition) is 0. The number of anilines is 3. The van der Waals surface area contributed by atoms with Gasteiger partial charge in [0, 0.05) is 75.6 Å². The second-order valence-corrected chi connectivity index (χ2v) is 19.5. The van der Waals surface area contributed by atoms with E-state index in [1.54, 1.807) is 0 Å². The second kappa shape index (κ2) is 14.4. The monoisotopic (exact) mass is 873 g/mol. The van der Waals surface area contributed by atoms with Crippen molar-refractivity contribution in [2.45, 2.75) is 19.3 Å². The maximum atomic E-state index is 2.49. The van der Waals surface area contributed by atoms with E-state index in [-0.39, 0.29) is 5.41 Å². The molecule has 67 heavy (non-hydrogen) atoms. The van der Waals surface area contributed by atoms with E-state index in [2.05, 4.69) is 252 Å². The molecular weight excluding hydrogens is 831 g/mol. The number of fused-ring (bicyclic) bond motifs is 13. The van der Waals surface area contributed by atoms with Crippen LogP contribution in [0.3, 0.4) is 0 Å². The van der Waals surface area contributed by atoms with Gasteiger partial charge in [-0.3, -0.25) is 0 Å². The number of nitrogens with zero attached hydrogens (tertiary/aromatic N) is 3. The van der Waals surface area contributed by atoms with Gasteiger partial charge in [0.05, 0.1) is 22.1 Å². The number of rotatable bonds is 6. The quantitative estimate of drug-likeness (QED) is 0.162. The molecular formula is C63H43N3S. The summed E-state index contributed by atoms with van der Waals surface area (Å²) in [5, 5.41) is 7.66. The molecule has 0 aliphatic heterocycles. The fraction of sp³-hybridized carbons (Fsp3) is 0.0476. The van der Waals surface area contributed by atoms with Gasteiger partial charge in [0.15, 0.2) is 0 Å². The van der Waals surface area contributed by atoms with Crippen molar-refractivity contribution in [3.8, 4) is 33.6 Å². The maximum Gasteiger partial charge on any atom is 0.0588 e. The van der Waals surface area contributed by atoms with Crippen molar-refractivity contribution >= 4 is 92.2 Å². The molecule has 0 atom stereocenters. The van der Waals surface area contributed by atoms with Gasteiger partial charge < -0.3 is 14.0 Å². The van der Waals surface area contributed by atoms with E-state index in [1.807, 2.05) is 11.3 Å². The average molecular weight is 874 g/mol. The zero-order valence-electron chi connectivity index (χ0n) is 37.1. The van der Waals surface area contributed by atoms with Crippen LogP contribution in [-0.4, -0.2) is 9.13 Å². The van der Waals surface area contributed by atoms with E-state index in [1.165, 1.54) is 103 Å². The lowest BCUT2D eigenvalue weighted by molar-refractivity contribution is 0.664. The third kappa shape index (κ3) is 5.57. The number of aromatic nitrogens is 2. The van der Waals surface area contributed by atoms with Crippen molar-refractivity contribution in [2.75, 3.05) is 4.90 Å². The van der Waals surface area contributed by atoms with Gasteiger partial charge in [0.25, 0.3) is 0 Å². The number of hydrogen-bond acceptors (Lipinski definition) is 2. The highest BCUT2D eigenvalue weighted by Crippen LogP contribution is 2.55. The summed E-state index contributed by atoms with van der Waals surface area (Å²) in [6.45, 7) is 4.85. The van der Waals surface area contributed by atoms with Crippen LogP contribution in [0, 0.1) is 0 Å². The molecule has 0 fully saturated rings. The van der Waals surface area contributed by atoms with Crippen LogP contribution in [0.25, 0.3) is 97.4 Å². The van der Waals surface area contributed by atoms with Crippen LogP contribution in [0.4, 0.5) is 17.1 Å². The molecule has 1 aliphatic rings. The third-order valence-electron chi connectivity index (χ3n) is 14.5. The van der Waals surface area contributed by atoms with E-state index in [0.717, 1.165) is 22.7 Å². The lowest BCUT2D eigenvalue weighted by Gasteiger charge is -2.29. The number of para-hydroxylation sites is 4. The standard InChI is InChI=1S/C63H43N3S/c1-63(2)55-39-45(32-34-47(55)51-35-36-52-48-20-9-13-26-57(48)66(61(52)60(51)63)42-18-7-4-8-19-42)64(43-30-28-40(29-31-43)46-23-15-24-53-50-22-11-14-27-59(50)67-62(46)53)44-33-37-58-54(38-44)49-21-10-12-25-56(49)65(58)41-16-5-3-6-17-41/h3-39H,1-2H3. The van der Waals surface area contributed by atoms with Crippen LogP contribution in [0.2, 0.25) is 0 Å². The van der Waals surface area contributed by atoms with Gasteiger partial charge in [-0.05, 0) is 118 Å². The molecule has 0 saturated carbocycles. The first-order chi connectivity index (χ1) is 33.0. The molecule has 316 valence electrons. The zero-order valence-corrected chi connectivity index (χ0v) is 37.9. The van der Waals surface area contributed by atoms with Crippen molar-refractivity contribution in [3.63, 3.8) is 0 Å². The Kier molecular flexibility index (Phi) is 8.20. The minimum absolute atomic E-state index is 0.299. The van der Waals surface area contributed by atoms with Crippen molar-refractivity contribution in [2.24, 2.45) is 0 Å². The van der Waals surface area contributed by atoms with Crippen molar-refractivity contribution in [1.29, 1.82) is 0 Å². The summed E-state index contributed by atoms with van der Waals surface area (Å²) >= 11 is 1.88. The minimum atomic E-state index is -0.299. The smallest absolute Gasteiger partial charge is 0.0588 e. The summed E-state index contributed by atoms with van der Waals surface area (Å²) in [5.74, 6) is 0. The molecule has 0 spiro atoms. The second-order valence-electron chi connectivity index (χ2n) is 18.5. The van der Waals surface area contributed by atoms with Gasteiger partial charge in [-0.2, -0.15) is 0 Å². The Morgan fingerprint density at radius 1 is 0.388 bits per heavy atom. The van der Waals surface area contributed by atoms with Gasteiger partial charge in [0.2, 0.25) is 0 Å². The molecule has 10 aromatic carbocycles. The van der Waals surface area contributed by atoms with Gasteiger partial charge >= 0.3 is 0 Å². The van der Waals surface area contributed by atoms with Gasteiger partial charge in [-0.15, -0.1) is 11.3 Å². The molecule has 3 aromatic heterocycles. The molecule has 0 radical (unpaired) electrons. The first-order valence-electron chi connectivity index (χ1n) is 23.2. The Bertz CT molecular complexity index is 4110. The van der Waals surface area contributed by atoms with Crippen LogP contribution in [0.15, 0.2) is 224 Å². The minimum Gasteiger partial charge on any atom is -0.310 e. The lowest BCUT2D eigenvalue weighted by Crippen LogP contribution is -2.18. The Labute approximate surface area is 392 Å². The highest BCUT2D eigenvalue weighted by atomic mass is 32.1. The third-order valence-corrected chi connectivity index (χ3v) is 15.7. The molecule has 13 aromatic rings. The van der Waals surface area contributed by atoms with E-state index >= 15 is 0 Å². The SMILES string of the molecule is CC1(C)c2cc(N(c3ccc(-c4cccc5c4sc4ccccc45)cc3)c3ccc4c(c3)c3ccccc3n4-c3ccccc3)ccc2-c2ccc3c4ccccc4n(-c4ccccc4)c3c21. The molecule has 0 amide bonds. The van der Waals surface area contributed by atoms with Gasteiger partial charge in [-0.25, -0.2) is 0 Å². The van der Waals surface area contributed by atoms with Crippen LogP contribution in [-0.2, 0) is 5.41 Å². The van der Waals surface area contributed by atoms with E-state index < -0.39 is 0 Å². The molecule has 3 nitrogen and oxygen atoms in total. The van der Waals surface area contributed by atoms with Crippen LogP contribution in [0.1, 0.15) is 25.0 Å². The first-order valence-corrected chi connectivity index (χ1v) is 24.0. The van der Waals surface area contributed by atoms with E-state index in [4.69, 9.17) is 0 Å². The highest BCUT2D eigenvalue weighted by molar-refractivity contribution is 7.26. The first kappa shape index (κ1) is 38.1. The van der Waals surface area contributed by atoms with Crippen molar-refractivity contribution < 1.29 is 0 Å². The van der Waals surface area contributed by atoms with Crippen LogP contribution < -0.4 is 4.90 Å². The Balaban J connectivity index is 0.965. The van der Waals surface area contributed by atoms with Gasteiger partial charge in [0.1, 0.15) is 0 Å². The molecule has 14 rings (SSSR count). The molecule has 1 aliphatic carbocycles. The van der Waals surface area contributed by atoms with Crippen LogP contribution in [0.5, 0.6) is 0 Å². The molecule has 0 bridgehead atoms. The van der Waals surface area contributed by atoms with Crippen molar-refractivity contribution in [3.05, 3.63) is 236 Å². The highest BCUT2D eigenvalue weighted by Gasteiger charge is 2.39. The average Bonchev–Trinajstić information content (AvgIpc) is 4.10. The fourth-order valence-electron chi connectivity index (χ4n) is 11.5. The molecule has 0 unspecified atom stereocenters. The normalized spacial score (nSPS) is 13.0. The molecule has 3 heterocycles. The van der Waals surface area contributed by atoms with E-state index in [0.29, 0.717) is 0 Å². The van der Waals surface area contributed by atoms with Gasteiger partial charge in [-0.1, -0.05) is 153 Å². The van der Waals surface area contributed by atoms with Crippen molar-refractivity contribution in [1.82, 2.24) is 9.13 Å². The predicted molar refractivity (Wildman–Crippen MR) is 286 cm³/mol. The Morgan fingerprint density at radius 2 is 0.955 bits per heavy atom. The Hall–Kier alpha value is -8.18.